The lowest BCUT2D eigenvalue weighted by Crippen LogP contribution is -2.38. The van der Waals surface area contributed by atoms with Crippen molar-refractivity contribution in [2.45, 2.75) is 31.9 Å². The monoisotopic (exact) mass is 382 g/mol. The van der Waals surface area contributed by atoms with Gasteiger partial charge in [-0.05, 0) is 30.3 Å². The van der Waals surface area contributed by atoms with Crippen LogP contribution in [0.1, 0.15) is 18.4 Å². The van der Waals surface area contributed by atoms with Crippen molar-refractivity contribution in [1.82, 2.24) is 9.55 Å². The summed E-state index contributed by atoms with van der Waals surface area (Å²) in [6, 6.07) is 13.1. The third-order valence-electron chi connectivity index (χ3n) is 5.04. The molecule has 0 spiro atoms. The van der Waals surface area contributed by atoms with Gasteiger partial charge in [-0.1, -0.05) is 6.07 Å². The normalized spacial score (nSPS) is 15.1. The number of pyridine rings is 1. The number of aromatic nitrogens is 2. The molecule has 7 heteroatoms. The van der Waals surface area contributed by atoms with Gasteiger partial charge in [-0.3, -0.25) is 0 Å². The zero-order chi connectivity index (χ0) is 19.5. The van der Waals surface area contributed by atoms with E-state index in [1.165, 1.54) is 0 Å². The minimum absolute atomic E-state index is 0.0682. The second-order valence-corrected chi connectivity index (χ2v) is 6.87. The maximum Gasteiger partial charge on any atom is 0.256 e. The molecule has 28 heavy (non-hydrogen) atoms. The van der Waals surface area contributed by atoms with Crippen molar-refractivity contribution in [3.05, 3.63) is 54.4 Å². The first kappa shape index (κ1) is 18.2. The van der Waals surface area contributed by atoms with E-state index >= 15 is 0 Å². The van der Waals surface area contributed by atoms with Gasteiger partial charge in [0.05, 0.1) is 17.6 Å². The number of ether oxygens (including phenoxy) is 1. The molecular weight excluding hydrogens is 362 g/mol. The molecule has 1 aliphatic rings. The first-order valence-electron chi connectivity index (χ1n) is 9.28. The Balaban J connectivity index is 1.42. The molecule has 0 amide bonds. The number of hydrogen-bond acceptors (Lipinski definition) is 4. The molecular formula is C21H20F2N4O. The molecule has 0 radical (unpaired) electrons. The summed E-state index contributed by atoms with van der Waals surface area (Å²) >= 11 is 0. The van der Waals surface area contributed by atoms with E-state index in [4.69, 9.17) is 10.00 Å². The first-order chi connectivity index (χ1) is 13.6. The molecule has 5 nitrogen and oxygen atoms in total. The van der Waals surface area contributed by atoms with Crippen molar-refractivity contribution >= 4 is 16.7 Å². The molecule has 0 saturated carbocycles. The van der Waals surface area contributed by atoms with Crippen molar-refractivity contribution < 1.29 is 13.5 Å². The van der Waals surface area contributed by atoms with Gasteiger partial charge in [-0.25, -0.2) is 13.8 Å². The van der Waals surface area contributed by atoms with Crippen molar-refractivity contribution in [2.24, 2.45) is 0 Å². The average molecular weight is 382 g/mol. The molecule has 0 unspecified atom stereocenters. The Hall–Kier alpha value is -3.14. The van der Waals surface area contributed by atoms with Crippen LogP contribution in [0.25, 0.3) is 10.9 Å². The molecule has 1 saturated heterocycles. The van der Waals surface area contributed by atoms with Crippen molar-refractivity contribution in [3.63, 3.8) is 0 Å². The average Bonchev–Trinajstić information content (AvgIpc) is 3.12. The molecule has 0 atom stereocenters. The fraction of sp³-hybridized carbons (Fsp3) is 0.333. The number of fused-ring (bicyclic) bond motifs is 1. The summed E-state index contributed by atoms with van der Waals surface area (Å²) in [4.78, 5) is 6.53. The molecule has 144 valence electrons. The van der Waals surface area contributed by atoms with Crippen molar-refractivity contribution in [2.75, 3.05) is 18.0 Å². The second-order valence-electron chi connectivity index (χ2n) is 6.87. The Morgan fingerprint density at radius 2 is 2.00 bits per heavy atom. The molecule has 2 aromatic heterocycles. The Labute approximate surface area is 161 Å². The summed E-state index contributed by atoms with van der Waals surface area (Å²) in [6.07, 6.45) is 2.64. The van der Waals surface area contributed by atoms with Gasteiger partial charge in [0.15, 0.2) is 0 Å². The SMILES string of the molecule is N#Cc1ccc(N2CCC(Oc3cccc4c3ccn4CC(F)F)CC2)nc1. The van der Waals surface area contributed by atoms with Crippen LogP contribution in [0.4, 0.5) is 14.6 Å². The van der Waals surface area contributed by atoms with Crippen LogP contribution in [0, 0.1) is 11.3 Å². The molecule has 0 aliphatic carbocycles. The predicted molar refractivity (Wildman–Crippen MR) is 103 cm³/mol. The minimum Gasteiger partial charge on any atom is -0.490 e. The molecule has 3 aromatic rings. The number of alkyl halides is 2. The van der Waals surface area contributed by atoms with E-state index in [9.17, 15) is 8.78 Å². The fourth-order valence-corrected chi connectivity index (χ4v) is 3.63. The maximum atomic E-state index is 12.7. The molecule has 0 bridgehead atoms. The standard InChI is InChI=1S/C21H20F2N4O/c22-20(23)14-27-11-8-17-18(27)2-1-3-19(17)28-16-6-9-26(10-7-16)21-5-4-15(12-24)13-25-21/h1-5,8,11,13,16,20H,6-7,9-10,14H2. The highest BCUT2D eigenvalue weighted by Gasteiger charge is 2.22. The van der Waals surface area contributed by atoms with Gasteiger partial charge >= 0.3 is 0 Å². The topological polar surface area (TPSA) is 54.1 Å². The van der Waals surface area contributed by atoms with Crippen LogP contribution in [-0.2, 0) is 6.54 Å². The van der Waals surface area contributed by atoms with Gasteiger partial charge in [-0.2, -0.15) is 5.26 Å². The molecule has 0 N–H and O–H groups in total. The van der Waals surface area contributed by atoms with Crippen molar-refractivity contribution in [1.29, 1.82) is 5.26 Å². The van der Waals surface area contributed by atoms with E-state index in [0.29, 0.717) is 5.56 Å². The van der Waals surface area contributed by atoms with E-state index in [0.717, 1.165) is 48.4 Å². The largest absolute Gasteiger partial charge is 0.490 e. The van der Waals surface area contributed by atoms with Gasteiger partial charge < -0.3 is 14.2 Å². The van der Waals surface area contributed by atoms with Crippen LogP contribution in [-0.4, -0.2) is 35.2 Å². The summed E-state index contributed by atoms with van der Waals surface area (Å²) in [6.45, 7) is 1.31. The minimum atomic E-state index is -2.39. The molecule has 1 aliphatic heterocycles. The number of nitriles is 1. The van der Waals surface area contributed by atoms with Crippen molar-refractivity contribution in [3.8, 4) is 11.8 Å². The Kier molecular flexibility index (Phi) is 5.11. The zero-order valence-corrected chi connectivity index (χ0v) is 15.3. The Bertz CT molecular complexity index is 986. The van der Waals surface area contributed by atoms with Gasteiger partial charge in [0, 0.05) is 43.7 Å². The van der Waals surface area contributed by atoms with E-state index in [2.05, 4.69) is 16.0 Å². The van der Waals surface area contributed by atoms with E-state index < -0.39 is 6.43 Å². The third kappa shape index (κ3) is 3.77. The summed E-state index contributed by atoms with van der Waals surface area (Å²) < 4.78 is 33.3. The summed E-state index contributed by atoms with van der Waals surface area (Å²) in [5.74, 6) is 1.60. The lowest BCUT2D eigenvalue weighted by molar-refractivity contribution is 0.128. The lowest BCUT2D eigenvalue weighted by atomic mass is 10.1. The van der Waals surface area contributed by atoms with Gasteiger partial charge in [0.1, 0.15) is 23.7 Å². The summed E-state index contributed by atoms with van der Waals surface area (Å²) in [7, 11) is 0. The van der Waals surface area contributed by atoms with Crippen LogP contribution in [0.15, 0.2) is 48.8 Å². The Morgan fingerprint density at radius 3 is 2.68 bits per heavy atom. The number of hydrogen-bond donors (Lipinski definition) is 0. The number of piperidine rings is 1. The highest BCUT2D eigenvalue weighted by atomic mass is 19.3. The number of nitrogens with zero attached hydrogens (tertiary/aromatic N) is 4. The van der Waals surface area contributed by atoms with Crippen LogP contribution in [0.2, 0.25) is 0 Å². The van der Waals surface area contributed by atoms with Crippen LogP contribution >= 0.6 is 0 Å². The van der Waals surface area contributed by atoms with E-state index in [-0.39, 0.29) is 12.6 Å². The number of rotatable bonds is 5. The summed E-state index contributed by atoms with van der Waals surface area (Å²) in [5, 5.41) is 9.74. The number of anilines is 1. The maximum absolute atomic E-state index is 12.7. The van der Waals surface area contributed by atoms with Gasteiger partial charge in [-0.15, -0.1) is 0 Å². The Morgan fingerprint density at radius 1 is 1.18 bits per heavy atom. The lowest BCUT2D eigenvalue weighted by Gasteiger charge is -2.33. The molecule has 3 heterocycles. The molecule has 4 rings (SSSR count). The molecule has 1 aromatic carbocycles. The van der Waals surface area contributed by atoms with E-state index in [1.807, 2.05) is 30.3 Å². The van der Waals surface area contributed by atoms with Gasteiger partial charge in [0.2, 0.25) is 0 Å². The number of benzene rings is 1. The van der Waals surface area contributed by atoms with Gasteiger partial charge in [0.25, 0.3) is 6.43 Å². The van der Waals surface area contributed by atoms with Crippen LogP contribution in [0.3, 0.4) is 0 Å². The highest BCUT2D eigenvalue weighted by molar-refractivity contribution is 5.86. The summed E-state index contributed by atoms with van der Waals surface area (Å²) in [5.41, 5.74) is 1.31. The number of halogens is 2. The zero-order valence-electron chi connectivity index (χ0n) is 15.3. The molecule has 1 fully saturated rings. The fourth-order valence-electron chi connectivity index (χ4n) is 3.63. The van der Waals surface area contributed by atoms with E-state index in [1.54, 1.807) is 23.0 Å². The smallest absolute Gasteiger partial charge is 0.256 e. The van der Waals surface area contributed by atoms with Crippen LogP contribution in [0.5, 0.6) is 5.75 Å². The highest BCUT2D eigenvalue weighted by Crippen LogP contribution is 2.30. The quantitative estimate of drug-likeness (QED) is 0.663. The first-order valence-corrected chi connectivity index (χ1v) is 9.28. The third-order valence-corrected chi connectivity index (χ3v) is 5.04. The second kappa shape index (κ2) is 7.85. The van der Waals surface area contributed by atoms with Crippen LogP contribution < -0.4 is 9.64 Å². The predicted octanol–water partition coefficient (Wildman–Crippen LogP) is 4.22.